The summed E-state index contributed by atoms with van der Waals surface area (Å²) in [4.78, 5) is 2.85. The molecule has 5 heterocycles. The normalized spacial score (nSPS) is 18.4. The minimum Gasteiger partial charge on any atom is -0.456 e. The first kappa shape index (κ1) is 44.9. The molecular formula is C67H69BN2OS. The van der Waals surface area contributed by atoms with Crippen molar-refractivity contribution in [3.63, 3.8) is 0 Å². The molecule has 0 amide bonds. The Kier molecular flexibility index (Phi) is 8.65. The van der Waals surface area contributed by atoms with Gasteiger partial charge < -0.3 is 13.8 Å². The molecule has 362 valence electrons. The predicted molar refractivity (Wildman–Crippen MR) is 313 cm³/mol. The average molecular weight is 961 g/mol. The first-order valence-corrected chi connectivity index (χ1v) is 27.8. The lowest BCUT2D eigenvalue weighted by molar-refractivity contribution is 0.332. The van der Waals surface area contributed by atoms with Gasteiger partial charge in [0.2, 0.25) is 0 Å². The molecule has 3 nitrogen and oxygen atoms in total. The Morgan fingerprint density at radius 2 is 1.17 bits per heavy atom. The quantitative estimate of drug-likeness (QED) is 0.153. The van der Waals surface area contributed by atoms with Crippen LogP contribution >= 0.6 is 11.3 Å². The van der Waals surface area contributed by atoms with E-state index in [2.05, 4.69) is 210 Å². The van der Waals surface area contributed by atoms with Crippen LogP contribution in [0.15, 0.2) is 101 Å². The van der Waals surface area contributed by atoms with E-state index >= 15 is 0 Å². The van der Waals surface area contributed by atoms with Gasteiger partial charge in [0.15, 0.2) is 0 Å². The second kappa shape index (κ2) is 13.9. The van der Waals surface area contributed by atoms with Crippen molar-refractivity contribution in [1.29, 1.82) is 0 Å². The zero-order valence-corrected chi connectivity index (χ0v) is 46.2. The van der Waals surface area contributed by atoms with E-state index in [9.17, 15) is 0 Å². The summed E-state index contributed by atoms with van der Waals surface area (Å²) in [6.07, 6.45) is 4.73. The molecule has 4 aliphatic rings. The number of furan rings is 1. The van der Waals surface area contributed by atoms with E-state index < -0.39 is 0 Å². The third-order valence-electron chi connectivity index (χ3n) is 18.9. The Balaban J connectivity index is 1.22. The van der Waals surface area contributed by atoms with E-state index in [1.54, 1.807) is 0 Å². The Morgan fingerprint density at radius 3 is 1.85 bits per heavy atom. The summed E-state index contributed by atoms with van der Waals surface area (Å²) in [7, 11) is 0. The molecule has 0 bridgehead atoms. The largest absolute Gasteiger partial charge is 0.456 e. The molecule has 0 saturated carbocycles. The molecule has 0 radical (unpaired) electrons. The Morgan fingerprint density at radius 1 is 0.542 bits per heavy atom. The lowest BCUT2D eigenvalue weighted by atomic mass is 9.43. The first-order chi connectivity index (χ1) is 33.8. The maximum Gasteiger partial charge on any atom is 0.333 e. The van der Waals surface area contributed by atoms with Crippen LogP contribution in [0.5, 0.6) is 0 Å². The Bertz CT molecular complexity index is 4090. The fourth-order valence-electron chi connectivity index (χ4n) is 14.3. The summed E-state index contributed by atoms with van der Waals surface area (Å²) in [6.45, 7) is 36.3. The Hall–Kier alpha value is -5.78. The lowest BCUT2D eigenvalue weighted by Gasteiger charge is -2.46. The fraction of sp³-hybridized carbons (Fsp3) is 0.373. The zero-order chi connectivity index (χ0) is 50.3. The van der Waals surface area contributed by atoms with Crippen molar-refractivity contribution in [3.05, 3.63) is 136 Å². The summed E-state index contributed by atoms with van der Waals surface area (Å²) >= 11 is 1.98. The van der Waals surface area contributed by atoms with E-state index in [4.69, 9.17) is 4.42 Å². The number of fused-ring (bicyclic) bond motifs is 17. The van der Waals surface area contributed by atoms with Crippen LogP contribution in [0, 0.1) is 6.92 Å². The standard InChI is InChI=1S/C67H69BN2OS/c1-36-28-44-46(66(12,13)26-24-64(44,8)9)34-51(36)70-50-22-23-54-58(42-32-45-47(35-55(42)72-54)67(14,15)27-25-65(45,10)11)56(50)43-33-53-57(39-18-16-17-19-52(39)71-53)61-59(43)68(70)48-31-38(63(5,6)7)30-41-40-29-37(62(2,3)4)20-21-49(40)69(61)60(41)48/h16-23,28-35H,24-27H2,1-15H3. The van der Waals surface area contributed by atoms with Crippen LogP contribution in [0.2, 0.25) is 0 Å². The van der Waals surface area contributed by atoms with Gasteiger partial charge in [-0.1, -0.05) is 133 Å². The number of aromatic nitrogens is 1. The number of para-hydroxylation sites is 1. The molecule has 0 unspecified atom stereocenters. The minimum atomic E-state index is -0.129. The van der Waals surface area contributed by atoms with Crippen LogP contribution in [-0.2, 0) is 32.5 Å². The molecule has 7 aromatic carbocycles. The fourth-order valence-corrected chi connectivity index (χ4v) is 15.4. The molecular weight excluding hydrogens is 892 g/mol. The van der Waals surface area contributed by atoms with Gasteiger partial charge in [-0.05, 0) is 181 Å². The van der Waals surface area contributed by atoms with Crippen molar-refractivity contribution in [2.45, 2.75) is 162 Å². The maximum atomic E-state index is 7.15. The summed E-state index contributed by atoms with van der Waals surface area (Å²) in [5.74, 6) is 0. The maximum absolute atomic E-state index is 7.15. The highest BCUT2D eigenvalue weighted by atomic mass is 32.1. The van der Waals surface area contributed by atoms with Crippen LogP contribution < -0.4 is 15.7 Å². The predicted octanol–water partition coefficient (Wildman–Crippen LogP) is 17.9. The van der Waals surface area contributed by atoms with Gasteiger partial charge in [-0.25, -0.2) is 0 Å². The van der Waals surface area contributed by atoms with Gasteiger partial charge in [0.25, 0.3) is 0 Å². The summed E-state index contributed by atoms with van der Waals surface area (Å²) in [5, 5.41) is 7.78. The van der Waals surface area contributed by atoms with Crippen molar-refractivity contribution in [2.75, 3.05) is 4.81 Å². The van der Waals surface area contributed by atoms with Gasteiger partial charge in [-0.15, -0.1) is 11.3 Å². The third-order valence-corrected chi connectivity index (χ3v) is 20.0. The molecule has 3 aromatic heterocycles. The summed E-state index contributed by atoms with van der Waals surface area (Å²) in [5.41, 5.74) is 24.0. The molecule has 2 aliphatic heterocycles. The first-order valence-electron chi connectivity index (χ1n) is 27.0. The second-order valence-corrected chi connectivity index (χ2v) is 28.6. The minimum absolute atomic E-state index is 0.0124. The number of anilines is 2. The molecule has 2 aliphatic carbocycles. The second-order valence-electron chi connectivity index (χ2n) is 27.5. The average Bonchev–Trinajstić information content (AvgIpc) is 3.99. The molecule has 0 atom stereocenters. The molecule has 72 heavy (non-hydrogen) atoms. The van der Waals surface area contributed by atoms with Crippen LogP contribution in [0.1, 0.15) is 162 Å². The number of rotatable bonds is 1. The van der Waals surface area contributed by atoms with Gasteiger partial charge in [-0.3, -0.25) is 0 Å². The molecule has 0 spiro atoms. The smallest absolute Gasteiger partial charge is 0.333 e. The van der Waals surface area contributed by atoms with E-state index in [1.165, 1.54) is 150 Å². The molecule has 0 fully saturated rings. The van der Waals surface area contributed by atoms with Crippen LogP contribution in [0.25, 0.3) is 80.7 Å². The number of hydrogen-bond acceptors (Lipinski definition) is 3. The number of aryl methyl sites for hydroxylation is 1. The highest BCUT2D eigenvalue weighted by molar-refractivity contribution is 7.26. The third kappa shape index (κ3) is 5.86. The van der Waals surface area contributed by atoms with Gasteiger partial charge >= 0.3 is 6.85 Å². The zero-order valence-electron chi connectivity index (χ0n) is 45.4. The number of hydrogen-bond donors (Lipinski definition) is 0. The van der Waals surface area contributed by atoms with E-state index in [1.807, 2.05) is 11.3 Å². The highest BCUT2D eigenvalue weighted by Crippen LogP contribution is 2.57. The lowest BCUT2D eigenvalue weighted by Crippen LogP contribution is -2.61. The summed E-state index contributed by atoms with van der Waals surface area (Å²) < 4.78 is 12.6. The van der Waals surface area contributed by atoms with Gasteiger partial charge in [0.05, 0.1) is 22.1 Å². The van der Waals surface area contributed by atoms with Crippen LogP contribution in [-0.4, -0.2) is 11.4 Å². The molecule has 0 N–H and O–H groups in total. The van der Waals surface area contributed by atoms with Crippen molar-refractivity contribution in [2.24, 2.45) is 0 Å². The SMILES string of the molecule is Cc1cc2c(cc1N1B3c4c(cc5oc6ccccc6c5c4-n4c5ccc(C(C)(C)C)cc5c5cc(C(C)(C)C)cc3c54)-c3c1ccc1sc4cc5c(cc4c31)C(C)(C)CCC5(C)C)C(C)(C)CCC2(C)C. The van der Waals surface area contributed by atoms with Crippen molar-refractivity contribution >= 4 is 104 Å². The molecule has 5 heteroatoms. The monoisotopic (exact) mass is 961 g/mol. The summed E-state index contributed by atoms with van der Waals surface area (Å²) in [6, 6.07) is 39.2. The molecule has 10 aromatic rings. The highest BCUT2D eigenvalue weighted by Gasteiger charge is 2.48. The number of benzene rings is 7. The van der Waals surface area contributed by atoms with Gasteiger partial charge in [0, 0.05) is 53.3 Å². The molecule has 14 rings (SSSR count). The van der Waals surface area contributed by atoms with Crippen LogP contribution in [0.4, 0.5) is 11.4 Å². The van der Waals surface area contributed by atoms with Gasteiger partial charge in [-0.2, -0.15) is 0 Å². The molecule has 0 saturated heterocycles. The van der Waals surface area contributed by atoms with Crippen molar-refractivity contribution < 1.29 is 4.42 Å². The van der Waals surface area contributed by atoms with Gasteiger partial charge in [0.1, 0.15) is 11.2 Å². The van der Waals surface area contributed by atoms with E-state index in [0.29, 0.717) is 0 Å². The number of nitrogens with zero attached hydrogens (tertiary/aromatic N) is 2. The topological polar surface area (TPSA) is 21.3 Å². The Labute approximate surface area is 430 Å². The van der Waals surface area contributed by atoms with Crippen molar-refractivity contribution in [1.82, 2.24) is 4.57 Å². The van der Waals surface area contributed by atoms with Crippen LogP contribution in [0.3, 0.4) is 0 Å². The van der Waals surface area contributed by atoms with E-state index in [0.717, 1.165) is 17.6 Å². The van der Waals surface area contributed by atoms with E-state index in [-0.39, 0.29) is 39.3 Å². The van der Waals surface area contributed by atoms with Crippen molar-refractivity contribution in [3.8, 4) is 16.8 Å². The number of thiophene rings is 1.